The van der Waals surface area contributed by atoms with E-state index in [4.69, 9.17) is 4.74 Å². The van der Waals surface area contributed by atoms with Crippen LogP contribution in [0.3, 0.4) is 0 Å². The van der Waals surface area contributed by atoms with Crippen LogP contribution in [-0.2, 0) is 15.1 Å². The quantitative estimate of drug-likeness (QED) is 0.912. The first-order chi connectivity index (χ1) is 9.20. The Hall–Kier alpha value is -1.78. The fourth-order valence-corrected chi connectivity index (χ4v) is 3.67. The Bertz CT molecular complexity index is 606. The number of rotatable bonds is 2. The van der Waals surface area contributed by atoms with Gasteiger partial charge in [-0.1, -0.05) is 48.2 Å². The highest BCUT2D eigenvalue weighted by Gasteiger charge is 2.48. The molecule has 0 fully saturated rings. The summed E-state index contributed by atoms with van der Waals surface area (Å²) in [6, 6.07) is 15.0. The van der Waals surface area contributed by atoms with Gasteiger partial charge in [-0.2, -0.15) is 0 Å². The van der Waals surface area contributed by atoms with E-state index in [0.717, 1.165) is 9.79 Å². The van der Waals surface area contributed by atoms with Gasteiger partial charge in [0.15, 0.2) is 0 Å². The highest BCUT2D eigenvalue weighted by Crippen LogP contribution is 2.49. The van der Waals surface area contributed by atoms with Gasteiger partial charge in [0.1, 0.15) is 0 Å². The van der Waals surface area contributed by atoms with Gasteiger partial charge in [-0.15, -0.1) is 0 Å². The standard InChI is InChI=1S/C15H12O3S/c1-18-15(14(16)17)10-6-2-4-8-12(10)19-13-9-5-3-7-11(13)15/h2-9H,1H3,(H,16,17). The third-order valence-corrected chi connectivity index (χ3v) is 4.51. The largest absolute Gasteiger partial charge is 0.479 e. The number of methoxy groups -OCH3 is 1. The molecule has 96 valence electrons. The molecule has 0 aromatic heterocycles. The molecular formula is C15H12O3S. The zero-order valence-electron chi connectivity index (χ0n) is 10.3. The van der Waals surface area contributed by atoms with E-state index in [1.807, 2.05) is 48.5 Å². The Morgan fingerprint density at radius 3 is 1.95 bits per heavy atom. The number of fused-ring (bicyclic) bond motifs is 2. The minimum atomic E-state index is -1.42. The minimum Gasteiger partial charge on any atom is -0.479 e. The van der Waals surface area contributed by atoms with Gasteiger partial charge in [-0.05, 0) is 12.1 Å². The predicted molar refractivity (Wildman–Crippen MR) is 72.4 cm³/mol. The summed E-state index contributed by atoms with van der Waals surface area (Å²) in [7, 11) is 1.44. The van der Waals surface area contributed by atoms with Crippen LogP contribution in [0.25, 0.3) is 0 Å². The smallest absolute Gasteiger partial charge is 0.345 e. The summed E-state index contributed by atoms with van der Waals surface area (Å²) in [5.41, 5.74) is -0.0410. The third kappa shape index (κ3) is 1.60. The maximum absolute atomic E-state index is 11.9. The Labute approximate surface area is 115 Å². The molecule has 0 atom stereocenters. The van der Waals surface area contributed by atoms with Crippen molar-refractivity contribution in [2.24, 2.45) is 0 Å². The lowest BCUT2D eigenvalue weighted by Crippen LogP contribution is -2.41. The molecule has 0 saturated heterocycles. The Balaban J connectivity index is 2.37. The Morgan fingerprint density at radius 2 is 1.53 bits per heavy atom. The first-order valence-corrected chi connectivity index (χ1v) is 6.67. The summed E-state index contributed by atoms with van der Waals surface area (Å²) in [6.45, 7) is 0. The molecule has 2 aromatic rings. The van der Waals surface area contributed by atoms with Crippen LogP contribution in [0.5, 0.6) is 0 Å². The number of carboxylic acid groups (broad SMARTS) is 1. The van der Waals surface area contributed by atoms with E-state index in [9.17, 15) is 9.90 Å². The second kappa shape index (κ2) is 4.40. The third-order valence-electron chi connectivity index (χ3n) is 3.36. The number of carboxylic acids is 1. The van der Waals surface area contributed by atoms with Crippen molar-refractivity contribution in [2.75, 3.05) is 7.11 Å². The van der Waals surface area contributed by atoms with Crippen molar-refractivity contribution in [2.45, 2.75) is 15.4 Å². The zero-order chi connectivity index (χ0) is 13.5. The average molecular weight is 272 g/mol. The molecule has 0 spiro atoms. The molecule has 3 rings (SSSR count). The number of aliphatic carboxylic acids is 1. The molecule has 0 saturated carbocycles. The maximum Gasteiger partial charge on any atom is 0.345 e. The molecule has 1 heterocycles. The SMILES string of the molecule is COC1(C(=O)O)c2ccccc2Sc2ccccc21. The van der Waals surface area contributed by atoms with Crippen molar-refractivity contribution in [1.29, 1.82) is 0 Å². The molecule has 2 aromatic carbocycles. The van der Waals surface area contributed by atoms with Crippen LogP contribution >= 0.6 is 11.8 Å². The second-order valence-corrected chi connectivity index (χ2v) is 5.37. The molecule has 0 unspecified atom stereocenters. The van der Waals surface area contributed by atoms with E-state index in [0.29, 0.717) is 11.1 Å². The molecule has 0 radical (unpaired) electrons. The van der Waals surface area contributed by atoms with Crippen molar-refractivity contribution in [3.8, 4) is 0 Å². The summed E-state index contributed by atoms with van der Waals surface area (Å²) >= 11 is 1.57. The van der Waals surface area contributed by atoms with E-state index < -0.39 is 11.6 Å². The molecule has 1 aliphatic rings. The summed E-state index contributed by atoms with van der Waals surface area (Å²) in [4.78, 5) is 13.7. The first-order valence-electron chi connectivity index (χ1n) is 5.85. The zero-order valence-corrected chi connectivity index (χ0v) is 11.1. The average Bonchev–Trinajstić information content (AvgIpc) is 2.44. The van der Waals surface area contributed by atoms with Gasteiger partial charge >= 0.3 is 5.97 Å². The summed E-state index contributed by atoms with van der Waals surface area (Å²) in [6.07, 6.45) is 0. The lowest BCUT2D eigenvalue weighted by molar-refractivity contribution is -0.158. The van der Waals surface area contributed by atoms with Crippen molar-refractivity contribution < 1.29 is 14.6 Å². The summed E-state index contributed by atoms with van der Waals surface area (Å²) in [5, 5.41) is 9.75. The summed E-state index contributed by atoms with van der Waals surface area (Å²) < 4.78 is 5.48. The van der Waals surface area contributed by atoms with E-state index in [1.54, 1.807) is 11.8 Å². The van der Waals surface area contributed by atoms with Crippen LogP contribution in [0.4, 0.5) is 0 Å². The van der Waals surface area contributed by atoms with Gasteiger partial charge in [-0.25, -0.2) is 4.79 Å². The Morgan fingerprint density at radius 1 is 1.05 bits per heavy atom. The van der Waals surface area contributed by atoms with E-state index in [2.05, 4.69) is 0 Å². The normalized spacial score (nSPS) is 15.4. The molecule has 1 aliphatic heterocycles. The number of carbonyl (C=O) groups is 1. The predicted octanol–water partition coefficient (Wildman–Crippen LogP) is 3.13. The van der Waals surface area contributed by atoms with Crippen LogP contribution in [-0.4, -0.2) is 18.2 Å². The molecule has 0 aliphatic carbocycles. The molecule has 4 heteroatoms. The monoisotopic (exact) mass is 272 g/mol. The molecule has 0 amide bonds. The number of hydrogen-bond donors (Lipinski definition) is 1. The van der Waals surface area contributed by atoms with Crippen molar-refractivity contribution in [3.63, 3.8) is 0 Å². The van der Waals surface area contributed by atoms with Gasteiger partial charge in [-0.3, -0.25) is 0 Å². The van der Waals surface area contributed by atoms with Gasteiger partial charge in [0.05, 0.1) is 0 Å². The Kier molecular flexibility index (Phi) is 2.84. The van der Waals surface area contributed by atoms with Crippen LogP contribution in [0.1, 0.15) is 11.1 Å². The van der Waals surface area contributed by atoms with E-state index in [-0.39, 0.29) is 0 Å². The van der Waals surface area contributed by atoms with E-state index >= 15 is 0 Å². The highest BCUT2D eigenvalue weighted by atomic mass is 32.2. The van der Waals surface area contributed by atoms with Gasteiger partial charge in [0.2, 0.25) is 5.60 Å². The van der Waals surface area contributed by atoms with Crippen LogP contribution < -0.4 is 0 Å². The molecule has 0 bridgehead atoms. The lowest BCUT2D eigenvalue weighted by Gasteiger charge is -2.35. The van der Waals surface area contributed by atoms with E-state index in [1.165, 1.54) is 7.11 Å². The number of hydrogen-bond acceptors (Lipinski definition) is 3. The van der Waals surface area contributed by atoms with Crippen molar-refractivity contribution in [1.82, 2.24) is 0 Å². The van der Waals surface area contributed by atoms with Crippen molar-refractivity contribution in [3.05, 3.63) is 59.7 Å². The van der Waals surface area contributed by atoms with Crippen LogP contribution in [0.15, 0.2) is 58.3 Å². The maximum atomic E-state index is 11.9. The second-order valence-electron chi connectivity index (χ2n) is 4.28. The fraction of sp³-hybridized carbons (Fsp3) is 0.133. The number of benzene rings is 2. The molecule has 19 heavy (non-hydrogen) atoms. The van der Waals surface area contributed by atoms with Gasteiger partial charge in [0.25, 0.3) is 0 Å². The molecule has 1 N–H and O–H groups in total. The topological polar surface area (TPSA) is 46.5 Å². The first kappa shape index (κ1) is 12.3. The number of ether oxygens (including phenoxy) is 1. The minimum absolute atomic E-state index is 0.689. The highest BCUT2D eigenvalue weighted by molar-refractivity contribution is 7.99. The van der Waals surface area contributed by atoms with Crippen molar-refractivity contribution >= 4 is 17.7 Å². The summed E-state index contributed by atoms with van der Waals surface area (Å²) in [5.74, 6) is -0.991. The van der Waals surface area contributed by atoms with Crippen LogP contribution in [0.2, 0.25) is 0 Å². The lowest BCUT2D eigenvalue weighted by atomic mass is 9.85. The van der Waals surface area contributed by atoms with Gasteiger partial charge < -0.3 is 9.84 Å². The molecular weight excluding hydrogens is 260 g/mol. The van der Waals surface area contributed by atoms with Crippen LogP contribution in [0, 0.1) is 0 Å². The molecule has 3 nitrogen and oxygen atoms in total. The fourth-order valence-electron chi connectivity index (χ4n) is 2.49. The van der Waals surface area contributed by atoms with Gasteiger partial charge in [0, 0.05) is 28.0 Å².